The van der Waals surface area contributed by atoms with Gasteiger partial charge in [0.1, 0.15) is 11.5 Å². The summed E-state index contributed by atoms with van der Waals surface area (Å²) in [5.41, 5.74) is 0.583. The molecule has 0 spiro atoms. The minimum atomic E-state index is -0.0556. The summed E-state index contributed by atoms with van der Waals surface area (Å²) in [5, 5.41) is 23.0. The maximum atomic E-state index is 9.83. The minimum Gasteiger partial charge on any atom is -0.507 e. The second kappa shape index (κ2) is 6.95. The molecule has 1 heterocycles. The highest BCUT2D eigenvalue weighted by molar-refractivity contribution is 5.44. The number of likely N-dealkylation sites (tertiary alicyclic amines) is 1. The number of nitrogens with zero attached hydrogens (tertiary/aromatic N) is 1. The van der Waals surface area contributed by atoms with Gasteiger partial charge in [-0.25, -0.2) is 0 Å². The molecule has 0 amide bonds. The minimum absolute atomic E-state index is 0.0556. The van der Waals surface area contributed by atoms with Crippen molar-refractivity contribution in [1.82, 2.24) is 10.2 Å². The van der Waals surface area contributed by atoms with Crippen LogP contribution in [0.5, 0.6) is 11.5 Å². The summed E-state index contributed by atoms with van der Waals surface area (Å²) in [5.74, 6) is 1.16. The van der Waals surface area contributed by atoms with E-state index >= 15 is 0 Å². The van der Waals surface area contributed by atoms with Crippen LogP contribution in [0.1, 0.15) is 38.3 Å². The molecule has 1 atom stereocenters. The van der Waals surface area contributed by atoms with Crippen molar-refractivity contribution in [3.8, 4) is 11.5 Å². The first kappa shape index (κ1) is 15.1. The van der Waals surface area contributed by atoms with Crippen LogP contribution in [0.15, 0.2) is 18.2 Å². The van der Waals surface area contributed by atoms with Gasteiger partial charge in [0.2, 0.25) is 0 Å². The monoisotopic (exact) mass is 278 g/mol. The summed E-state index contributed by atoms with van der Waals surface area (Å²) in [6.45, 7) is 8.53. The number of hydrogen-bond donors (Lipinski definition) is 3. The van der Waals surface area contributed by atoms with Crippen LogP contribution in [0.25, 0.3) is 0 Å². The predicted molar refractivity (Wildman–Crippen MR) is 81.0 cm³/mol. The second-order valence-electron chi connectivity index (χ2n) is 5.91. The first-order valence-electron chi connectivity index (χ1n) is 7.54. The number of phenols is 2. The van der Waals surface area contributed by atoms with Crippen LogP contribution in [-0.2, 0) is 0 Å². The molecule has 4 nitrogen and oxygen atoms in total. The zero-order valence-electron chi connectivity index (χ0n) is 12.5. The number of phenolic OH excluding ortho intramolecular Hbond substituents is 2. The molecule has 1 saturated heterocycles. The second-order valence-corrected chi connectivity index (χ2v) is 5.91. The normalized spacial score (nSPS) is 19.1. The van der Waals surface area contributed by atoms with Gasteiger partial charge >= 0.3 is 0 Å². The lowest BCUT2D eigenvalue weighted by atomic mass is 9.99. The molecule has 0 saturated carbocycles. The topological polar surface area (TPSA) is 55.7 Å². The summed E-state index contributed by atoms with van der Waals surface area (Å²) in [6.07, 6.45) is 2.58. The third-order valence-electron chi connectivity index (χ3n) is 4.25. The van der Waals surface area contributed by atoms with Crippen LogP contribution >= 0.6 is 0 Å². The number of hydrogen-bond acceptors (Lipinski definition) is 4. The molecule has 1 aliphatic heterocycles. The van der Waals surface area contributed by atoms with Gasteiger partial charge in [-0.05, 0) is 50.9 Å². The molecule has 0 aliphatic carbocycles. The van der Waals surface area contributed by atoms with E-state index in [0.29, 0.717) is 5.56 Å². The van der Waals surface area contributed by atoms with E-state index in [1.807, 2.05) is 6.92 Å². The van der Waals surface area contributed by atoms with Gasteiger partial charge in [0.25, 0.3) is 0 Å². The van der Waals surface area contributed by atoms with E-state index in [9.17, 15) is 10.2 Å². The van der Waals surface area contributed by atoms with Crippen molar-refractivity contribution >= 4 is 0 Å². The number of aromatic hydroxyl groups is 2. The van der Waals surface area contributed by atoms with Gasteiger partial charge in [0.15, 0.2) is 0 Å². The van der Waals surface area contributed by atoms with Gasteiger partial charge in [-0.1, -0.05) is 13.0 Å². The molecule has 3 N–H and O–H groups in total. The molecule has 1 aliphatic rings. The summed E-state index contributed by atoms with van der Waals surface area (Å²) in [7, 11) is 0. The maximum absolute atomic E-state index is 9.83. The fraction of sp³-hybridized carbons (Fsp3) is 0.625. The molecular formula is C16H26N2O2. The highest BCUT2D eigenvalue weighted by Gasteiger charge is 2.17. The molecule has 112 valence electrons. The van der Waals surface area contributed by atoms with E-state index in [1.54, 1.807) is 18.2 Å². The number of rotatable bonds is 5. The van der Waals surface area contributed by atoms with Crippen molar-refractivity contribution in [2.75, 3.05) is 26.2 Å². The van der Waals surface area contributed by atoms with E-state index in [0.717, 1.165) is 19.0 Å². The van der Waals surface area contributed by atoms with Crippen LogP contribution in [-0.4, -0.2) is 41.3 Å². The van der Waals surface area contributed by atoms with Crippen molar-refractivity contribution in [3.05, 3.63) is 23.8 Å². The average molecular weight is 278 g/mol. The highest BCUT2D eigenvalue weighted by Crippen LogP contribution is 2.31. The van der Waals surface area contributed by atoms with Gasteiger partial charge in [0.05, 0.1) is 5.56 Å². The van der Waals surface area contributed by atoms with Crippen LogP contribution in [0.2, 0.25) is 0 Å². The number of benzene rings is 1. The Labute approximate surface area is 121 Å². The van der Waals surface area contributed by atoms with Crippen LogP contribution in [0.3, 0.4) is 0 Å². The SMILES string of the molecule is CC1CCN(CCNC(C)c2c(O)cccc2O)CC1. The third-order valence-corrected chi connectivity index (χ3v) is 4.25. The molecule has 1 unspecified atom stereocenters. The molecule has 1 aromatic rings. The summed E-state index contributed by atoms with van der Waals surface area (Å²) >= 11 is 0. The lowest BCUT2D eigenvalue weighted by molar-refractivity contribution is 0.191. The van der Waals surface area contributed by atoms with Crippen molar-refractivity contribution in [2.24, 2.45) is 5.92 Å². The molecule has 0 aromatic heterocycles. The first-order chi connectivity index (χ1) is 9.58. The van der Waals surface area contributed by atoms with Gasteiger partial charge in [-0.2, -0.15) is 0 Å². The van der Waals surface area contributed by atoms with E-state index in [4.69, 9.17) is 0 Å². The Morgan fingerprint density at radius 2 is 1.85 bits per heavy atom. The Balaban J connectivity index is 1.79. The molecule has 2 rings (SSSR count). The molecule has 1 aromatic carbocycles. The Morgan fingerprint density at radius 3 is 2.45 bits per heavy atom. The van der Waals surface area contributed by atoms with E-state index < -0.39 is 0 Å². The fourth-order valence-corrected chi connectivity index (χ4v) is 2.81. The zero-order chi connectivity index (χ0) is 14.5. The zero-order valence-corrected chi connectivity index (χ0v) is 12.5. The lowest BCUT2D eigenvalue weighted by Gasteiger charge is -2.30. The largest absolute Gasteiger partial charge is 0.507 e. The number of nitrogens with one attached hydrogen (secondary N) is 1. The highest BCUT2D eigenvalue weighted by atomic mass is 16.3. The van der Waals surface area contributed by atoms with Gasteiger partial charge in [-0.15, -0.1) is 0 Å². The van der Waals surface area contributed by atoms with Crippen molar-refractivity contribution in [2.45, 2.75) is 32.7 Å². The van der Waals surface area contributed by atoms with E-state index in [-0.39, 0.29) is 17.5 Å². The van der Waals surface area contributed by atoms with Crippen LogP contribution in [0.4, 0.5) is 0 Å². The predicted octanol–water partition coefficient (Wildman–Crippen LogP) is 2.48. The smallest absolute Gasteiger partial charge is 0.124 e. The molecule has 1 fully saturated rings. The quantitative estimate of drug-likeness (QED) is 0.774. The van der Waals surface area contributed by atoms with Crippen molar-refractivity contribution in [3.63, 3.8) is 0 Å². The molecule has 20 heavy (non-hydrogen) atoms. The molecule has 0 radical (unpaired) electrons. The Bertz CT molecular complexity index is 408. The Kier molecular flexibility index (Phi) is 5.26. The van der Waals surface area contributed by atoms with Gasteiger partial charge in [-0.3, -0.25) is 0 Å². The van der Waals surface area contributed by atoms with Crippen molar-refractivity contribution < 1.29 is 10.2 Å². The summed E-state index contributed by atoms with van der Waals surface area (Å²) < 4.78 is 0. The summed E-state index contributed by atoms with van der Waals surface area (Å²) in [4.78, 5) is 2.48. The maximum Gasteiger partial charge on any atom is 0.124 e. The fourth-order valence-electron chi connectivity index (χ4n) is 2.81. The van der Waals surface area contributed by atoms with Gasteiger partial charge in [0, 0.05) is 19.1 Å². The average Bonchev–Trinajstić information content (AvgIpc) is 2.41. The van der Waals surface area contributed by atoms with Crippen LogP contribution in [0, 0.1) is 5.92 Å². The lowest BCUT2D eigenvalue weighted by Crippen LogP contribution is -2.38. The molecule has 0 bridgehead atoms. The first-order valence-corrected chi connectivity index (χ1v) is 7.54. The van der Waals surface area contributed by atoms with Crippen molar-refractivity contribution in [1.29, 1.82) is 0 Å². The number of piperidine rings is 1. The van der Waals surface area contributed by atoms with E-state index in [1.165, 1.54) is 25.9 Å². The third kappa shape index (κ3) is 3.87. The van der Waals surface area contributed by atoms with Gasteiger partial charge < -0.3 is 20.4 Å². The summed E-state index contributed by atoms with van der Waals surface area (Å²) in [6, 6.07) is 4.81. The van der Waals surface area contributed by atoms with E-state index in [2.05, 4.69) is 17.1 Å². The Hall–Kier alpha value is -1.26. The standard InChI is InChI=1S/C16H26N2O2/c1-12-6-9-18(10-7-12)11-8-17-13(2)16-14(19)4-3-5-15(16)20/h3-5,12-13,17,19-20H,6-11H2,1-2H3. The molecular weight excluding hydrogens is 252 g/mol. The van der Waals surface area contributed by atoms with Crippen LogP contribution < -0.4 is 5.32 Å². The molecule has 4 heteroatoms. The Morgan fingerprint density at radius 1 is 1.25 bits per heavy atom.